The summed E-state index contributed by atoms with van der Waals surface area (Å²) in [5.74, 6) is 1.17. The zero-order valence-electron chi connectivity index (χ0n) is 10.1. The van der Waals surface area contributed by atoms with Crippen LogP contribution in [0.15, 0.2) is 22.7 Å². The molecule has 0 amide bonds. The van der Waals surface area contributed by atoms with Crippen LogP contribution in [0.1, 0.15) is 5.56 Å². The Labute approximate surface area is 122 Å². The van der Waals surface area contributed by atoms with Crippen molar-refractivity contribution in [3.05, 3.63) is 33.3 Å². The van der Waals surface area contributed by atoms with E-state index in [-0.39, 0.29) is 6.61 Å². The molecule has 0 atom stereocenters. The Morgan fingerprint density at radius 3 is 2.72 bits per heavy atom. The predicted molar refractivity (Wildman–Crippen MR) is 76.1 cm³/mol. The van der Waals surface area contributed by atoms with Crippen LogP contribution in [-0.2, 0) is 6.54 Å². The molecule has 3 nitrogen and oxygen atoms in total. The van der Waals surface area contributed by atoms with Crippen LogP contribution in [-0.4, -0.2) is 20.8 Å². The van der Waals surface area contributed by atoms with Gasteiger partial charge in [-0.1, -0.05) is 34.8 Å². The van der Waals surface area contributed by atoms with E-state index in [0.29, 0.717) is 28.1 Å². The van der Waals surface area contributed by atoms with E-state index in [1.807, 2.05) is 13.1 Å². The molecule has 0 saturated carbocycles. The first-order valence-electron chi connectivity index (χ1n) is 5.21. The average Bonchev–Trinajstić information content (AvgIpc) is 2.36. The fourth-order valence-electron chi connectivity index (χ4n) is 1.43. The molecule has 0 aliphatic rings. The number of benzene rings is 1. The lowest BCUT2D eigenvalue weighted by atomic mass is 10.2. The van der Waals surface area contributed by atoms with E-state index in [2.05, 4.69) is 5.32 Å². The van der Waals surface area contributed by atoms with Crippen LogP contribution in [0.25, 0.3) is 0 Å². The second kappa shape index (κ2) is 7.74. The van der Waals surface area contributed by atoms with Crippen molar-refractivity contribution in [1.82, 2.24) is 5.32 Å². The van der Waals surface area contributed by atoms with Gasteiger partial charge >= 0.3 is 0 Å². The maximum Gasteiger partial charge on any atom is 0.166 e. The van der Waals surface area contributed by atoms with Gasteiger partial charge in [0.25, 0.3) is 0 Å². The van der Waals surface area contributed by atoms with Gasteiger partial charge in [0, 0.05) is 28.7 Å². The van der Waals surface area contributed by atoms with Gasteiger partial charge in [-0.2, -0.15) is 0 Å². The topological polar surface area (TPSA) is 30.5 Å². The van der Waals surface area contributed by atoms with Crippen LogP contribution in [0.5, 0.6) is 11.5 Å². The Morgan fingerprint density at radius 2 is 2.17 bits per heavy atom. The van der Waals surface area contributed by atoms with Gasteiger partial charge in [-0.15, -0.1) is 0 Å². The maximum absolute atomic E-state index is 6.00. The lowest BCUT2D eigenvalue weighted by Crippen LogP contribution is -2.09. The first kappa shape index (κ1) is 15.4. The first-order chi connectivity index (χ1) is 8.62. The summed E-state index contributed by atoms with van der Waals surface area (Å²) in [6.45, 7) is 0.786. The SMILES string of the molecule is CNCc1cc(Cl)cc(OC)c1OC/C(Cl)=C/Cl. The fourth-order valence-corrected chi connectivity index (χ4v) is 1.78. The summed E-state index contributed by atoms with van der Waals surface area (Å²) < 4.78 is 10.9. The third kappa shape index (κ3) is 4.25. The van der Waals surface area contributed by atoms with E-state index in [0.717, 1.165) is 5.56 Å². The summed E-state index contributed by atoms with van der Waals surface area (Å²) in [5, 5.41) is 4.03. The Balaban J connectivity index is 3.04. The smallest absolute Gasteiger partial charge is 0.166 e. The molecule has 1 rings (SSSR count). The van der Waals surface area contributed by atoms with E-state index >= 15 is 0 Å². The van der Waals surface area contributed by atoms with E-state index in [4.69, 9.17) is 44.3 Å². The van der Waals surface area contributed by atoms with Crippen LogP contribution in [0, 0.1) is 0 Å². The van der Waals surface area contributed by atoms with Crippen molar-refractivity contribution in [2.45, 2.75) is 6.54 Å². The van der Waals surface area contributed by atoms with Gasteiger partial charge in [0.05, 0.1) is 12.1 Å². The second-order valence-electron chi connectivity index (χ2n) is 3.47. The summed E-state index contributed by atoms with van der Waals surface area (Å²) in [4.78, 5) is 0. The molecule has 0 aromatic heterocycles. The Kier molecular flexibility index (Phi) is 6.65. The van der Waals surface area contributed by atoms with Gasteiger partial charge in [0.2, 0.25) is 0 Å². The third-order valence-electron chi connectivity index (χ3n) is 2.16. The monoisotopic (exact) mass is 309 g/mol. The molecular weight excluding hydrogens is 296 g/mol. The molecule has 0 spiro atoms. The second-order valence-corrected chi connectivity index (χ2v) is 4.61. The normalized spacial score (nSPS) is 11.5. The molecule has 0 fully saturated rings. The Hall–Kier alpha value is -0.610. The number of methoxy groups -OCH3 is 1. The van der Waals surface area contributed by atoms with E-state index in [1.54, 1.807) is 13.2 Å². The highest BCUT2D eigenvalue weighted by molar-refractivity contribution is 6.36. The zero-order valence-corrected chi connectivity index (χ0v) is 12.4. The van der Waals surface area contributed by atoms with E-state index < -0.39 is 0 Å². The Bertz CT molecular complexity index is 436. The third-order valence-corrected chi connectivity index (χ3v) is 2.97. The van der Waals surface area contributed by atoms with Crippen molar-refractivity contribution >= 4 is 34.8 Å². The molecule has 100 valence electrons. The molecule has 1 aromatic carbocycles. The number of halogens is 3. The lowest BCUT2D eigenvalue weighted by molar-refractivity contribution is 0.320. The molecule has 0 heterocycles. The molecule has 0 radical (unpaired) electrons. The van der Waals surface area contributed by atoms with Crippen LogP contribution in [0.2, 0.25) is 5.02 Å². The highest BCUT2D eigenvalue weighted by Gasteiger charge is 2.12. The van der Waals surface area contributed by atoms with Gasteiger partial charge in [0.1, 0.15) is 6.61 Å². The minimum absolute atomic E-state index is 0.180. The number of rotatable bonds is 6. The average molecular weight is 311 g/mol. The van der Waals surface area contributed by atoms with Crippen molar-refractivity contribution in [1.29, 1.82) is 0 Å². The van der Waals surface area contributed by atoms with Crippen molar-refractivity contribution in [3.63, 3.8) is 0 Å². The molecule has 0 bridgehead atoms. The summed E-state index contributed by atoms with van der Waals surface area (Å²) in [6, 6.07) is 3.50. The minimum atomic E-state index is 0.180. The summed E-state index contributed by atoms with van der Waals surface area (Å²) in [5.41, 5.74) is 2.16. The molecule has 1 aromatic rings. The molecule has 0 aliphatic carbocycles. The van der Waals surface area contributed by atoms with Crippen molar-refractivity contribution < 1.29 is 9.47 Å². The number of hydrogen-bond donors (Lipinski definition) is 1. The van der Waals surface area contributed by atoms with Crippen LogP contribution >= 0.6 is 34.8 Å². The summed E-state index contributed by atoms with van der Waals surface area (Å²) >= 11 is 17.3. The molecule has 0 saturated heterocycles. The highest BCUT2D eigenvalue weighted by Crippen LogP contribution is 2.35. The van der Waals surface area contributed by atoms with Crippen molar-refractivity contribution in [2.75, 3.05) is 20.8 Å². The number of ether oxygens (including phenoxy) is 2. The summed E-state index contributed by atoms with van der Waals surface area (Å²) in [7, 11) is 3.39. The van der Waals surface area contributed by atoms with Crippen LogP contribution < -0.4 is 14.8 Å². The van der Waals surface area contributed by atoms with Crippen molar-refractivity contribution in [3.8, 4) is 11.5 Å². The van der Waals surface area contributed by atoms with Gasteiger partial charge in [-0.3, -0.25) is 0 Å². The fraction of sp³-hybridized carbons (Fsp3) is 0.333. The Morgan fingerprint density at radius 1 is 1.44 bits per heavy atom. The minimum Gasteiger partial charge on any atom is -0.493 e. The van der Waals surface area contributed by atoms with Crippen LogP contribution in [0.4, 0.5) is 0 Å². The molecule has 18 heavy (non-hydrogen) atoms. The zero-order chi connectivity index (χ0) is 13.5. The van der Waals surface area contributed by atoms with E-state index in [1.165, 1.54) is 5.54 Å². The number of hydrogen-bond acceptors (Lipinski definition) is 3. The molecule has 0 unspecified atom stereocenters. The van der Waals surface area contributed by atoms with Gasteiger partial charge in [-0.25, -0.2) is 0 Å². The highest BCUT2D eigenvalue weighted by atomic mass is 35.5. The molecular formula is C12H14Cl3NO2. The van der Waals surface area contributed by atoms with Crippen molar-refractivity contribution in [2.24, 2.45) is 0 Å². The standard InChI is InChI=1S/C12H14Cl3NO2/c1-16-6-8-3-9(14)4-11(17-2)12(8)18-7-10(15)5-13/h3-5,16H,6-7H2,1-2H3/b10-5-. The predicted octanol–water partition coefficient (Wildman–Crippen LogP) is 3.77. The largest absolute Gasteiger partial charge is 0.493 e. The summed E-state index contributed by atoms with van der Waals surface area (Å²) in [6.07, 6.45) is 0. The van der Waals surface area contributed by atoms with Gasteiger partial charge < -0.3 is 14.8 Å². The molecule has 0 aliphatic heterocycles. The quantitative estimate of drug-likeness (QED) is 0.867. The maximum atomic E-state index is 6.00. The lowest BCUT2D eigenvalue weighted by Gasteiger charge is -2.15. The van der Waals surface area contributed by atoms with Gasteiger partial charge in [-0.05, 0) is 13.1 Å². The van der Waals surface area contributed by atoms with E-state index in [9.17, 15) is 0 Å². The number of nitrogens with one attached hydrogen (secondary N) is 1. The van der Waals surface area contributed by atoms with Gasteiger partial charge in [0.15, 0.2) is 11.5 Å². The molecule has 1 N–H and O–H groups in total. The van der Waals surface area contributed by atoms with Crippen LogP contribution in [0.3, 0.4) is 0 Å². The first-order valence-corrected chi connectivity index (χ1v) is 6.40. The molecule has 6 heteroatoms.